The molecule has 3 nitrogen and oxygen atoms in total. The highest BCUT2D eigenvalue weighted by atomic mass is 16.5. The number of carbonyl (C=O) groups excluding carboxylic acids is 1. The third kappa shape index (κ3) is 2.94. The Bertz CT molecular complexity index is 502. The first-order valence-electron chi connectivity index (χ1n) is 10.2. The van der Waals surface area contributed by atoms with Crippen LogP contribution in [0.3, 0.4) is 0 Å². The van der Waals surface area contributed by atoms with Gasteiger partial charge in [0.2, 0.25) is 0 Å². The van der Waals surface area contributed by atoms with E-state index < -0.39 is 0 Å². The second-order valence-electron chi connectivity index (χ2n) is 8.82. The number of cyclic esters (lactones) is 1. The Kier molecular flexibility index (Phi) is 4.73. The van der Waals surface area contributed by atoms with E-state index in [1.807, 2.05) is 0 Å². The maximum Gasteiger partial charge on any atom is 0.309 e. The van der Waals surface area contributed by atoms with Crippen molar-refractivity contribution in [2.45, 2.75) is 70.4 Å². The maximum atomic E-state index is 12.2. The first-order valence-corrected chi connectivity index (χ1v) is 10.2. The fourth-order valence-electron chi connectivity index (χ4n) is 6.04. The molecule has 0 aromatic rings. The topological polar surface area (TPSA) is 29.5 Å². The molecule has 134 valence electrons. The van der Waals surface area contributed by atoms with Crippen LogP contribution in [0.15, 0.2) is 12.2 Å². The Labute approximate surface area is 146 Å². The maximum absolute atomic E-state index is 12.2. The van der Waals surface area contributed by atoms with Crippen LogP contribution in [-0.4, -0.2) is 36.6 Å². The molecule has 0 spiro atoms. The molecular formula is C21H33NO2. The van der Waals surface area contributed by atoms with Gasteiger partial charge in [-0.2, -0.15) is 0 Å². The Balaban J connectivity index is 1.54. The van der Waals surface area contributed by atoms with Gasteiger partial charge in [-0.15, -0.1) is 0 Å². The summed E-state index contributed by atoms with van der Waals surface area (Å²) in [6.45, 7) is 3.01. The van der Waals surface area contributed by atoms with Crippen molar-refractivity contribution >= 4 is 5.97 Å². The molecule has 2 heterocycles. The summed E-state index contributed by atoms with van der Waals surface area (Å²) in [4.78, 5) is 14.7. The monoisotopic (exact) mass is 331 g/mol. The molecule has 24 heavy (non-hydrogen) atoms. The number of carbonyl (C=O) groups is 1. The summed E-state index contributed by atoms with van der Waals surface area (Å²) in [6, 6.07) is 1.26. The highest BCUT2D eigenvalue weighted by Gasteiger charge is 2.50. The number of hydrogen-bond donors (Lipinski definition) is 0. The smallest absolute Gasteiger partial charge is 0.309 e. The van der Waals surface area contributed by atoms with Gasteiger partial charge in [0.05, 0.1) is 12.5 Å². The van der Waals surface area contributed by atoms with Gasteiger partial charge in [-0.05, 0) is 57.4 Å². The number of likely N-dealkylation sites (N-methyl/N-ethyl adjacent to an activating group) is 1. The van der Waals surface area contributed by atoms with Gasteiger partial charge in [0.15, 0.2) is 0 Å². The van der Waals surface area contributed by atoms with E-state index in [1.165, 1.54) is 44.9 Å². The van der Waals surface area contributed by atoms with Crippen molar-refractivity contribution in [1.82, 2.24) is 4.90 Å². The van der Waals surface area contributed by atoms with E-state index >= 15 is 0 Å². The standard InChI is InChI=1S/C21H33NO2/c1-14-6-5-8-16(22(14)2)10-11-18-17-9-4-3-7-15(17)12-19-20(18)13-24-21(19)23/h10-11,14-20H,3-9,12-13H2,1-2H3/b11-10+/t14-,15+,16+,17-,18?,19-,20+/m0/s1. The predicted molar refractivity (Wildman–Crippen MR) is 95.5 cm³/mol. The SMILES string of the molecule is C[C@H]1CCC[C@H](/C=C/C2[C@H]3CCCC[C@@H]3C[C@@H]3C(=O)OC[C@H]23)N1C. The summed E-state index contributed by atoms with van der Waals surface area (Å²) in [5, 5.41) is 0. The second-order valence-corrected chi connectivity index (χ2v) is 8.82. The number of hydrogen-bond acceptors (Lipinski definition) is 3. The molecule has 2 saturated heterocycles. The lowest BCUT2D eigenvalue weighted by Crippen LogP contribution is -2.43. The molecule has 2 saturated carbocycles. The number of likely N-dealkylation sites (tertiary alicyclic amines) is 1. The van der Waals surface area contributed by atoms with Gasteiger partial charge in [0.25, 0.3) is 0 Å². The van der Waals surface area contributed by atoms with E-state index in [0.29, 0.717) is 30.5 Å². The van der Waals surface area contributed by atoms with E-state index in [1.54, 1.807) is 0 Å². The lowest BCUT2D eigenvalue weighted by atomic mass is 9.58. The van der Waals surface area contributed by atoms with Crippen LogP contribution in [0.2, 0.25) is 0 Å². The number of fused-ring (bicyclic) bond motifs is 2. The van der Waals surface area contributed by atoms with Gasteiger partial charge in [0, 0.05) is 18.0 Å². The van der Waals surface area contributed by atoms with Crippen LogP contribution in [0, 0.1) is 29.6 Å². The molecule has 3 heteroatoms. The van der Waals surface area contributed by atoms with Crippen LogP contribution in [0.1, 0.15) is 58.3 Å². The minimum atomic E-state index is 0.0887. The molecule has 4 rings (SSSR count). The molecule has 0 aromatic carbocycles. The third-order valence-corrected chi connectivity index (χ3v) is 7.65. The van der Waals surface area contributed by atoms with Crippen molar-refractivity contribution in [2.24, 2.45) is 29.6 Å². The molecule has 0 N–H and O–H groups in total. The van der Waals surface area contributed by atoms with Crippen LogP contribution < -0.4 is 0 Å². The van der Waals surface area contributed by atoms with Crippen molar-refractivity contribution in [3.05, 3.63) is 12.2 Å². The van der Waals surface area contributed by atoms with Gasteiger partial charge in [-0.1, -0.05) is 37.8 Å². The van der Waals surface area contributed by atoms with E-state index in [4.69, 9.17) is 4.74 Å². The average molecular weight is 332 g/mol. The Morgan fingerprint density at radius 3 is 2.75 bits per heavy atom. The normalized spacial score (nSPS) is 46.6. The second kappa shape index (κ2) is 6.82. The lowest BCUT2D eigenvalue weighted by Gasteiger charge is -2.45. The molecule has 0 radical (unpaired) electrons. The zero-order valence-electron chi connectivity index (χ0n) is 15.3. The van der Waals surface area contributed by atoms with Crippen molar-refractivity contribution in [3.63, 3.8) is 0 Å². The van der Waals surface area contributed by atoms with Gasteiger partial charge in [-0.25, -0.2) is 0 Å². The quantitative estimate of drug-likeness (QED) is 0.565. The number of ether oxygens (including phenoxy) is 1. The minimum absolute atomic E-state index is 0.0887. The molecule has 4 aliphatic rings. The minimum Gasteiger partial charge on any atom is -0.465 e. The molecule has 0 bridgehead atoms. The molecule has 1 unspecified atom stereocenters. The molecule has 2 aliphatic heterocycles. The van der Waals surface area contributed by atoms with E-state index in [0.717, 1.165) is 18.3 Å². The van der Waals surface area contributed by atoms with Crippen molar-refractivity contribution < 1.29 is 9.53 Å². The summed E-state index contributed by atoms with van der Waals surface area (Å²) >= 11 is 0. The molecule has 4 fully saturated rings. The zero-order valence-corrected chi connectivity index (χ0v) is 15.3. The predicted octanol–water partition coefficient (Wildman–Crippen LogP) is 4.03. The third-order valence-electron chi connectivity index (χ3n) is 7.65. The summed E-state index contributed by atoms with van der Waals surface area (Å²) < 4.78 is 5.48. The van der Waals surface area contributed by atoms with Crippen LogP contribution in [0.25, 0.3) is 0 Å². The molecule has 0 aromatic heterocycles. The Morgan fingerprint density at radius 1 is 1.04 bits per heavy atom. The summed E-state index contributed by atoms with van der Waals surface area (Å²) in [5.74, 6) is 2.82. The highest BCUT2D eigenvalue weighted by molar-refractivity contribution is 5.75. The van der Waals surface area contributed by atoms with Crippen molar-refractivity contribution in [1.29, 1.82) is 0 Å². The number of allylic oxidation sites excluding steroid dienone is 1. The number of rotatable bonds is 2. The highest BCUT2D eigenvalue weighted by Crippen LogP contribution is 2.51. The summed E-state index contributed by atoms with van der Waals surface area (Å²) in [6.07, 6.45) is 15.4. The summed E-state index contributed by atoms with van der Waals surface area (Å²) in [5.41, 5.74) is 0. The van der Waals surface area contributed by atoms with E-state index in [2.05, 4.69) is 31.0 Å². The first kappa shape index (κ1) is 16.6. The van der Waals surface area contributed by atoms with Crippen LogP contribution in [-0.2, 0) is 9.53 Å². The van der Waals surface area contributed by atoms with Gasteiger partial charge < -0.3 is 4.74 Å². The van der Waals surface area contributed by atoms with Crippen molar-refractivity contribution in [2.75, 3.05) is 13.7 Å². The van der Waals surface area contributed by atoms with Crippen LogP contribution in [0.4, 0.5) is 0 Å². The largest absolute Gasteiger partial charge is 0.465 e. The van der Waals surface area contributed by atoms with E-state index in [-0.39, 0.29) is 11.9 Å². The molecular weight excluding hydrogens is 298 g/mol. The molecule has 7 atom stereocenters. The number of piperidine rings is 1. The number of esters is 1. The zero-order chi connectivity index (χ0) is 16.7. The fourth-order valence-corrected chi connectivity index (χ4v) is 6.04. The van der Waals surface area contributed by atoms with Gasteiger partial charge in [0.1, 0.15) is 0 Å². The van der Waals surface area contributed by atoms with Crippen LogP contribution in [0.5, 0.6) is 0 Å². The summed E-state index contributed by atoms with van der Waals surface area (Å²) in [7, 11) is 2.27. The fraction of sp³-hybridized carbons (Fsp3) is 0.857. The van der Waals surface area contributed by atoms with Crippen molar-refractivity contribution in [3.8, 4) is 0 Å². The number of nitrogens with zero attached hydrogens (tertiary/aromatic N) is 1. The van der Waals surface area contributed by atoms with Crippen LogP contribution >= 0.6 is 0 Å². The molecule has 0 amide bonds. The van der Waals surface area contributed by atoms with Gasteiger partial charge in [-0.3, -0.25) is 9.69 Å². The lowest BCUT2D eigenvalue weighted by molar-refractivity contribution is -0.142. The van der Waals surface area contributed by atoms with Gasteiger partial charge >= 0.3 is 5.97 Å². The first-order chi connectivity index (χ1) is 11.6. The van der Waals surface area contributed by atoms with E-state index in [9.17, 15) is 4.79 Å². The Morgan fingerprint density at radius 2 is 1.88 bits per heavy atom. The average Bonchev–Trinajstić information content (AvgIpc) is 2.96. The molecule has 2 aliphatic carbocycles. The Hall–Kier alpha value is -0.830.